The van der Waals surface area contributed by atoms with E-state index >= 15 is 0 Å². The first-order valence-electron chi connectivity index (χ1n) is 6.45. The highest BCUT2D eigenvalue weighted by Crippen LogP contribution is 2.22. The molecule has 1 aliphatic rings. The largest absolute Gasteiger partial charge is 0.336 e. The van der Waals surface area contributed by atoms with E-state index in [1.54, 1.807) is 4.90 Å². The number of carbonyl (C=O) groups excluding carboxylic acids is 1. The van der Waals surface area contributed by atoms with E-state index in [-0.39, 0.29) is 21.8 Å². The van der Waals surface area contributed by atoms with Crippen LogP contribution in [0.5, 0.6) is 0 Å². The summed E-state index contributed by atoms with van der Waals surface area (Å²) in [5.74, 6) is -1.04. The number of halogens is 3. The summed E-state index contributed by atoms with van der Waals surface area (Å²) >= 11 is 11.4. The van der Waals surface area contributed by atoms with Crippen LogP contribution < -0.4 is 0 Å². The Morgan fingerprint density at radius 2 is 1.85 bits per heavy atom. The summed E-state index contributed by atoms with van der Waals surface area (Å²) in [7, 11) is 0. The van der Waals surface area contributed by atoms with Gasteiger partial charge in [-0.25, -0.2) is 9.37 Å². The molecule has 1 fully saturated rings. The van der Waals surface area contributed by atoms with Gasteiger partial charge < -0.3 is 4.90 Å². The Balaban J connectivity index is 2.11. The maximum Gasteiger partial charge on any atom is 0.257 e. The summed E-state index contributed by atoms with van der Waals surface area (Å²) in [4.78, 5) is 19.9. The molecule has 1 aliphatic heterocycles. The number of hydrogen-bond acceptors (Lipinski definition) is 3. The molecule has 4 nitrogen and oxygen atoms in total. The number of carbonyl (C=O) groups is 1. The molecule has 20 heavy (non-hydrogen) atoms. The predicted molar refractivity (Wildman–Crippen MR) is 76.8 cm³/mol. The smallest absolute Gasteiger partial charge is 0.257 e. The van der Waals surface area contributed by atoms with Crippen molar-refractivity contribution in [1.82, 2.24) is 14.8 Å². The molecule has 0 unspecified atom stereocenters. The monoisotopic (exact) mass is 319 g/mol. The van der Waals surface area contributed by atoms with Crippen molar-refractivity contribution in [3.8, 4) is 0 Å². The fraction of sp³-hybridized carbons (Fsp3) is 0.538. The SMILES string of the molecule is CC(C)N1CCN(C(=O)c2cc(F)c(Cl)nc2Cl)CC1. The Bertz CT molecular complexity index is 517. The Morgan fingerprint density at radius 3 is 2.40 bits per heavy atom. The summed E-state index contributed by atoms with van der Waals surface area (Å²) in [6, 6.07) is 1.50. The van der Waals surface area contributed by atoms with E-state index in [2.05, 4.69) is 23.7 Å². The van der Waals surface area contributed by atoms with Crippen LogP contribution in [0.1, 0.15) is 24.2 Å². The molecular weight excluding hydrogens is 304 g/mol. The fourth-order valence-corrected chi connectivity index (χ4v) is 2.61. The first-order chi connectivity index (χ1) is 9.40. The van der Waals surface area contributed by atoms with E-state index < -0.39 is 5.82 Å². The van der Waals surface area contributed by atoms with E-state index in [4.69, 9.17) is 23.2 Å². The third kappa shape index (κ3) is 3.22. The second kappa shape index (κ2) is 6.24. The van der Waals surface area contributed by atoms with Crippen LogP contribution in [0.2, 0.25) is 10.3 Å². The molecular formula is C13H16Cl2FN3O. The molecule has 7 heteroatoms. The van der Waals surface area contributed by atoms with Crippen LogP contribution in [0.3, 0.4) is 0 Å². The molecule has 1 aromatic heterocycles. The van der Waals surface area contributed by atoms with Gasteiger partial charge in [-0.2, -0.15) is 0 Å². The molecule has 0 aliphatic carbocycles. The van der Waals surface area contributed by atoms with Crippen LogP contribution in [0, 0.1) is 5.82 Å². The molecule has 0 saturated carbocycles. The zero-order chi connectivity index (χ0) is 14.9. The molecule has 0 radical (unpaired) electrons. The van der Waals surface area contributed by atoms with Crippen LogP contribution in [-0.4, -0.2) is 52.9 Å². The maximum absolute atomic E-state index is 13.4. The van der Waals surface area contributed by atoms with Gasteiger partial charge >= 0.3 is 0 Å². The molecule has 0 aromatic carbocycles. The van der Waals surface area contributed by atoms with Gasteiger partial charge in [-0.05, 0) is 19.9 Å². The number of pyridine rings is 1. The fourth-order valence-electron chi connectivity index (χ4n) is 2.21. The number of rotatable bonds is 2. The normalized spacial score (nSPS) is 16.8. The summed E-state index contributed by atoms with van der Waals surface area (Å²) in [5.41, 5.74) is 0.0616. The molecule has 110 valence electrons. The maximum atomic E-state index is 13.4. The van der Waals surface area contributed by atoms with Crippen molar-refractivity contribution < 1.29 is 9.18 Å². The summed E-state index contributed by atoms with van der Waals surface area (Å²) < 4.78 is 13.4. The first-order valence-corrected chi connectivity index (χ1v) is 7.20. The summed E-state index contributed by atoms with van der Waals surface area (Å²) in [5, 5.41) is -0.385. The number of piperazine rings is 1. The molecule has 0 N–H and O–H groups in total. The van der Waals surface area contributed by atoms with Crippen LogP contribution in [0.4, 0.5) is 4.39 Å². The minimum absolute atomic E-state index is 0.0616. The van der Waals surface area contributed by atoms with Crippen molar-refractivity contribution in [2.24, 2.45) is 0 Å². The van der Waals surface area contributed by atoms with Gasteiger partial charge in [0, 0.05) is 32.2 Å². The van der Waals surface area contributed by atoms with Gasteiger partial charge in [-0.1, -0.05) is 23.2 Å². The highest BCUT2D eigenvalue weighted by atomic mass is 35.5. The molecule has 1 saturated heterocycles. The Hall–Kier alpha value is -0.910. The van der Waals surface area contributed by atoms with Crippen molar-refractivity contribution in [3.05, 3.63) is 27.8 Å². The molecule has 1 amide bonds. The average molecular weight is 320 g/mol. The lowest BCUT2D eigenvalue weighted by atomic mass is 10.2. The van der Waals surface area contributed by atoms with E-state index in [1.165, 1.54) is 0 Å². The summed E-state index contributed by atoms with van der Waals surface area (Å²) in [6.45, 7) is 7.02. The van der Waals surface area contributed by atoms with Gasteiger partial charge in [0.1, 0.15) is 5.15 Å². The van der Waals surface area contributed by atoms with E-state index in [0.717, 1.165) is 19.2 Å². The van der Waals surface area contributed by atoms with Gasteiger partial charge in [-0.3, -0.25) is 9.69 Å². The van der Waals surface area contributed by atoms with Crippen molar-refractivity contribution in [2.75, 3.05) is 26.2 Å². The third-order valence-electron chi connectivity index (χ3n) is 3.45. The Labute approximate surface area is 127 Å². The Morgan fingerprint density at radius 1 is 1.25 bits per heavy atom. The van der Waals surface area contributed by atoms with Crippen LogP contribution in [-0.2, 0) is 0 Å². The number of amides is 1. The van der Waals surface area contributed by atoms with Crippen molar-refractivity contribution in [2.45, 2.75) is 19.9 Å². The molecule has 1 aromatic rings. The van der Waals surface area contributed by atoms with Crippen LogP contribution in [0.15, 0.2) is 6.07 Å². The van der Waals surface area contributed by atoms with Crippen LogP contribution >= 0.6 is 23.2 Å². The lowest BCUT2D eigenvalue weighted by molar-refractivity contribution is 0.0595. The van der Waals surface area contributed by atoms with Gasteiger partial charge in [0.05, 0.1) is 5.56 Å². The minimum atomic E-state index is -0.736. The quantitative estimate of drug-likeness (QED) is 0.786. The highest BCUT2D eigenvalue weighted by Gasteiger charge is 2.25. The van der Waals surface area contributed by atoms with Crippen molar-refractivity contribution >= 4 is 29.1 Å². The topological polar surface area (TPSA) is 36.4 Å². The standard InChI is InChI=1S/C13H16Cl2FN3O/c1-8(2)18-3-5-19(6-4-18)13(20)9-7-10(16)12(15)17-11(9)14/h7-8H,3-6H2,1-2H3. The van der Waals surface area contributed by atoms with Gasteiger partial charge in [0.2, 0.25) is 0 Å². The third-order valence-corrected chi connectivity index (χ3v) is 4.00. The first kappa shape index (κ1) is 15.5. The lowest BCUT2D eigenvalue weighted by Crippen LogP contribution is -2.50. The second-order valence-corrected chi connectivity index (χ2v) is 5.74. The second-order valence-electron chi connectivity index (χ2n) is 5.02. The van der Waals surface area contributed by atoms with E-state index in [0.29, 0.717) is 19.1 Å². The number of hydrogen-bond donors (Lipinski definition) is 0. The van der Waals surface area contributed by atoms with Gasteiger partial charge in [-0.15, -0.1) is 0 Å². The van der Waals surface area contributed by atoms with E-state index in [9.17, 15) is 9.18 Å². The molecule has 0 atom stereocenters. The molecule has 2 heterocycles. The molecule has 0 spiro atoms. The van der Waals surface area contributed by atoms with E-state index in [1.807, 2.05) is 0 Å². The zero-order valence-electron chi connectivity index (χ0n) is 11.4. The molecule has 2 rings (SSSR count). The summed E-state index contributed by atoms with van der Waals surface area (Å²) in [6.07, 6.45) is 0. The number of nitrogens with zero attached hydrogens (tertiary/aromatic N) is 3. The molecule has 0 bridgehead atoms. The average Bonchev–Trinajstić information content (AvgIpc) is 2.42. The van der Waals surface area contributed by atoms with Crippen molar-refractivity contribution in [1.29, 1.82) is 0 Å². The highest BCUT2D eigenvalue weighted by molar-refractivity contribution is 6.34. The predicted octanol–water partition coefficient (Wildman–Crippen LogP) is 2.69. The van der Waals surface area contributed by atoms with Crippen LogP contribution in [0.25, 0.3) is 0 Å². The number of aromatic nitrogens is 1. The Kier molecular flexibility index (Phi) is 4.83. The lowest BCUT2D eigenvalue weighted by Gasteiger charge is -2.37. The van der Waals surface area contributed by atoms with Gasteiger partial charge in [0.25, 0.3) is 5.91 Å². The minimum Gasteiger partial charge on any atom is -0.336 e. The van der Waals surface area contributed by atoms with Gasteiger partial charge in [0.15, 0.2) is 11.0 Å². The zero-order valence-corrected chi connectivity index (χ0v) is 12.9. The van der Waals surface area contributed by atoms with Crippen molar-refractivity contribution in [3.63, 3.8) is 0 Å².